The zero-order valence-electron chi connectivity index (χ0n) is 8.63. The molecule has 6 heteroatoms. The first kappa shape index (κ1) is 13.0. The minimum Gasteiger partial charge on any atom is -0.352 e. The van der Waals surface area contributed by atoms with Gasteiger partial charge in [0.1, 0.15) is 9.39 Å². The molecule has 0 atom stereocenters. The number of aromatic nitrogens is 2. The average molecular weight is 386 g/mol. The molecule has 1 aromatic rings. The van der Waals surface area contributed by atoms with Crippen molar-refractivity contribution in [1.29, 1.82) is 0 Å². The number of halogens is 2. The smallest absolute Gasteiger partial charge is 0.266 e. The molecule has 84 valence electrons. The first-order valence-electron chi connectivity index (χ1n) is 4.63. The summed E-state index contributed by atoms with van der Waals surface area (Å²) in [5, 5.41) is 0.857. The van der Waals surface area contributed by atoms with Crippen LogP contribution in [0.25, 0.3) is 0 Å². The molecule has 0 saturated heterocycles. The summed E-state index contributed by atoms with van der Waals surface area (Å²) >= 11 is 5.43. The van der Waals surface area contributed by atoms with Crippen LogP contribution in [0, 0.1) is 3.57 Å². The second-order valence-electron chi connectivity index (χ2n) is 3.35. The van der Waals surface area contributed by atoms with Crippen molar-refractivity contribution >= 4 is 44.3 Å². The van der Waals surface area contributed by atoms with Crippen molar-refractivity contribution in [2.75, 3.05) is 16.8 Å². The Balaban J connectivity index is 3.11. The van der Waals surface area contributed by atoms with Gasteiger partial charge in [0.05, 0.1) is 6.33 Å². The number of anilines is 1. The molecule has 0 aromatic carbocycles. The number of hydrogen-bond donors (Lipinski definition) is 1. The van der Waals surface area contributed by atoms with Crippen molar-refractivity contribution in [2.24, 2.45) is 0 Å². The highest BCUT2D eigenvalue weighted by Gasteiger charge is 2.15. The van der Waals surface area contributed by atoms with Gasteiger partial charge >= 0.3 is 0 Å². The van der Waals surface area contributed by atoms with Crippen LogP contribution in [-0.2, 0) is 0 Å². The van der Waals surface area contributed by atoms with Crippen LogP contribution in [0.5, 0.6) is 0 Å². The van der Waals surface area contributed by atoms with Crippen molar-refractivity contribution in [3.8, 4) is 0 Å². The van der Waals surface area contributed by atoms with Gasteiger partial charge in [0.2, 0.25) is 0 Å². The van der Waals surface area contributed by atoms with Gasteiger partial charge in [0, 0.05) is 17.9 Å². The molecule has 15 heavy (non-hydrogen) atoms. The molecule has 0 saturated carbocycles. The van der Waals surface area contributed by atoms with Crippen LogP contribution < -0.4 is 10.5 Å². The maximum atomic E-state index is 11.4. The van der Waals surface area contributed by atoms with E-state index < -0.39 is 0 Å². The monoisotopic (exact) mass is 385 g/mol. The number of nitrogens with zero attached hydrogens (tertiary/aromatic N) is 2. The summed E-state index contributed by atoms with van der Waals surface area (Å²) in [5.41, 5.74) is -0.0826. The third-order valence-corrected chi connectivity index (χ3v) is 3.33. The molecule has 0 radical (unpaired) electrons. The standard InChI is InChI=1S/C9H13BrIN3O/c1-6(2)14(4-3-10)8-7(11)9(15)13-5-12-8/h5-6H,3-4H2,1-2H3,(H,12,13,15). The van der Waals surface area contributed by atoms with E-state index in [2.05, 4.69) is 44.6 Å². The van der Waals surface area contributed by atoms with E-state index in [0.717, 1.165) is 17.7 Å². The second kappa shape index (κ2) is 5.83. The largest absolute Gasteiger partial charge is 0.352 e. The highest BCUT2D eigenvalue weighted by molar-refractivity contribution is 14.1. The van der Waals surface area contributed by atoms with Crippen molar-refractivity contribution in [3.05, 3.63) is 20.3 Å². The van der Waals surface area contributed by atoms with Gasteiger partial charge in [-0.25, -0.2) is 4.98 Å². The highest BCUT2D eigenvalue weighted by atomic mass is 127. The zero-order valence-corrected chi connectivity index (χ0v) is 12.4. The number of rotatable bonds is 4. The van der Waals surface area contributed by atoms with E-state index >= 15 is 0 Å². The summed E-state index contributed by atoms with van der Waals surface area (Å²) in [6.45, 7) is 5.01. The Hall–Kier alpha value is -0.110. The second-order valence-corrected chi connectivity index (χ2v) is 5.22. The van der Waals surface area contributed by atoms with Gasteiger partial charge in [-0.15, -0.1) is 0 Å². The van der Waals surface area contributed by atoms with Crippen molar-refractivity contribution in [2.45, 2.75) is 19.9 Å². The number of alkyl halides is 1. The summed E-state index contributed by atoms with van der Waals surface area (Å²) < 4.78 is 0.643. The number of aromatic amines is 1. The molecule has 0 aliphatic rings. The van der Waals surface area contributed by atoms with E-state index in [9.17, 15) is 4.79 Å². The molecule has 0 spiro atoms. The van der Waals surface area contributed by atoms with E-state index in [-0.39, 0.29) is 5.56 Å². The lowest BCUT2D eigenvalue weighted by molar-refractivity contribution is 0.693. The fourth-order valence-corrected chi connectivity index (χ4v) is 2.26. The maximum absolute atomic E-state index is 11.4. The van der Waals surface area contributed by atoms with Crippen LogP contribution in [0.3, 0.4) is 0 Å². The van der Waals surface area contributed by atoms with Crippen LogP contribution in [-0.4, -0.2) is 27.9 Å². The van der Waals surface area contributed by atoms with E-state index in [1.165, 1.54) is 6.33 Å². The predicted molar refractivity (Wildman–Crippen MR) is 73.9 cm³/mol. The molecule has 0 amide bonds. The Morgan fingerprint density at radius 2 is 2.33 bits per heavy atom. The summed E-state index contributed by atoms with van der Waals surface area (Å²) in [6, 6.07) is 0.324. The summed E-state index contributed by atoms with van der Waals surface area (Å²) in [6.07, 6.45) is 1.45. The van der Waals surface area contributed by atoms with Crippen molar-refractivity contribution < 1.29 is 0 Å². The van der Waals surface area contributed by atoms with Crippen LogP contribution in [0.4, 0.5) is 5.82 Å². The van der Waals surface area contributed by atoms with E-state index in [4.69, 9.17) is 0 Å². The third kappa shape index (κ3) is 3.17. The van der Waals surface area contributed by atoms with Gasteiger partial charge in [-0.3, -0.25) is 4.79 Å². The van der Waals surface area contributed by atoms with Gasteiger partial charge in [-0.2, -0.15) is 0 Å². The molecule has 0 aliphatic carbocycles. The molecule has 0 unspecified atom stereocenters. The first-order valence-corrected chi connectivity index (χ1v) is 6.83. The molecule has 1 N–H and O–H groups in total. The van der Waals surface area contributed by atoms with Crippen molar-refractivity contribution in [1.82, 2.24) is 9.97 Å². The van der Waals surface area contributed by atoms with Crippen LogP contribution >= 0.6 is 38.5 Å². The van der Waals surface area contributed by atoms with Gasteiger partial charge in [-0.05, 0) is 36.4 Å². The third-order valence-electron chi connectivity index (χ3n) is 2.00. The average Bonchev–Trinajstić information content (AvgIpc) is 2.19. The van der Waals surface area contributed by atoms with Gasteiger partial charge in [-0.1, -0.05) is 15.9 Å². The Labute approximate surface area is 111 Å². The quantitative estimate of drug-likeness (QED) is 0.636. The first-order chi connectivity index (χ1) is 7.07. The zero-order chi connectivity index (χ0) is 11.4. The van der Waals surface area contributed by atoms with Crippen LogP contribution in [0.1, 0.15) is 13.8 Å². The lowest BCUT2D eigenvalue weighted by atomic mass is 10.3. The predicted octanol–water partition coefficient (Wildman–Crippen LogP) is 1.98. The number of H-pyrrole nitrogens is 1. The van der Waals surface area contributed by atoms with Gasteiger partial charge < -0.3 is 9.88 Å². The SMILES string of the molecule is CC(C)N(CCBr)c1nc[nH]c(=O)c1I. The minimum absolute atomic E-state index is 0.0826. The molecule has 0 bridgehead atoms. The van der Waals surface area contributed by atoms with Crippen LogP contribution in [0.2, 0.25) is 0 Å². The topological polar surface area (TPSA) is 49.0 Å². The maximum Gasteiger partial charge on any atom is 0.266 e. The Bertz CT molecular complexity index is 380. The highest BCUT2D eigenvalue weighted by Crippen LogP contribution is 2.17. The molecule has 0 fully saturated rings. The van der Waals surface area contributed by atoms with Crippen LogP contribution in [0.15, 0.2) is 11.1 Å². The normalized spacial score (nSPS) is 10.7. The number of nitrogens with one attached hydrogen (secondary N) is 1. The Morgan fingerprint density at radius 3 is 2.87 bits per heavy atom. The molecular weight excluding hydrogens is 373 g/mol. The van der Waals surface area contributed by atoms with Gasteiger partial charge in [0.25, 0.3) is 5.56 Å². The van der Waals surface area contributed by atoms with Gasteiger partial charge in [0.15, 0.2) is 0 Å². The number of hydrogen-bond acceptors (Lipinski definition) is 3. The summed E-state index contributed by atoms with van der Waals surface area (Å²) in [5.74, 6) is 0.758. The molecule has 0 aliphatic heterocycles. The fourth-order valence-electron chi connectivity index (χ4n) is 1.27. The lowest BCUT2D eigenvalue weighted by Gasteiger charge is -2.27. The summed E-state index contributed by atoms with van der Waals surface area (Å²) in [7, 11) is 0. The molecule has 4 nitrogen and oxygen atoms in total. The molecule has 1 heterocycles. The van der Waals surface area contributed by atoms with E-state index in [1.54, 1.807) is 0 Å². The van der Waals surface area contributed by atoms with Crippen molar-refractivity contribution in [3.63, 3.8) is 0 Å². The fraction of sp³-hybridized carbons (Fsp3) is 0.556. The molecule has 1 rings (SSSR count). The van der Waals surface area contributed by atoms with E-state index in [0.29, 0.717) is 9.61 Å². The Morgan fingerprint density at radius 1 is 1.67 bits per heavy atom. The summed E-state index contributed by atoms with van der Waals surface area (Å²) in [4.78, 5) is 20.3. The molecule has 1 aromatic heterocycles. The molecular formula is C9H13BrIN3O. The Kier molecular flexibility index (Phi) is 5.04. The minimum atomic E-state index is -0.0826. The lowest BCUT2D eigenvalue weighted by Crippen LogP contribution is -2.35. The van der Waals surface area contributed by atoms with E-state index in [1.807, 2.05) is 22.6 Å².